The molecule has 0 radical (unpaired) electrons. The topological polar surface area (TPSA) is 145 Å². The molecule has 2 unspecified atom stereocenters. The Bertz CT molecular complexity index is 1210. The number of aldehydes is 1. The van der Waals surface area contributed by atoms with Crippen LogP contribution in [0.5, 0.6) is 5.75 Å². The van der Waals surface area contributed by atoms with E-state index in [2.05, 4.69) is 5.32 Å². The van der Waals surface area contributed by atoms with Crippen LogP contribution in [0.4, 0.5) is 5.69 Å². The molecule has 35 heavy (non-hydrogen) atoms. The number of nitrogens with one attached hydrogen (secondary N) is 1. The molecule has 12 heteroatoms. The normalized spacial score (nSPS) is 20.6. The summed E-state index contributed by atoms with van der Waals surface area (Å²) in [6.07, 6.45) is 0.484. The minimum absolute atomic E-state index is 0.0632. The van der Waals surface area contributed by atoms with Crippen molar-refractivity contribution in [2.24, 2.45) is 0 Å². The number of thioether (sulfide) groups is 1. The Morgan fingerprint density at radius 2 is 1.86 bits per heavy atom. The molecular weight excluding hydrogens is 478 g/mol. The van der Waals surface area contributed by atoms with Gasteiger partial charge in [-0.3, -0.25) is 24.5 Å². The second kappa shape index (κ2) is 9.97. The number of fused-ring (bicyclic) bond motifs is 1. The van der Waals surface area contributed by atoms with Crippen LogP contribution >= 0.6 is 11.8 Å². The molecule has 3 atom stereocenters. The van der Waals surface area contributed by atoms with E-state index in [0.29, 0.717) is 23.2 Å². The van der Waals surface area contributed by atoms with Gasteiger partial charge in [0, 0.05) is 23.3 Å². The molecule has 4 rings (SSSR count). The third kappa shape index (κ3) is 4.73. The summed E-state index contributed by atoms with van der Waals surface area (Å²) >= 11 is 1.15. The molecule has 2 heterocycles. The lowest BCUT2D eigenvalue weighted by molar-refractivity contribution is -0.384. The van der Waals surface area contributed by atoms with E-state index < -0.39 is 40.2 Å². The lowest BCUT2D eigenvalue weighted by Crippen LogP contribution is -2.74. The van der Waals surface area contributed by atoms with Crippen LogP contribution in [0.2, 0.25) is 0 Å². The van der Waals surface area contributed by atoms with E-state index >= 15 is 0 Å². The summed E-state index contributed by atoms with van der Waals surface area (Å²) in [7, 11) is 1.51. The van der Waals surface area contributed by atoms with Gasteiger partial charge in [0.25, 0.3) is 11.6 Å². The number of rotatable bonds is 8. The van der Waals surface area contributed by atoms with E-state index in [4.69, 9.17) is 9.47 Å². The van der Waals surface area contributed by atoms with E-state index in [1.165, 1.54) is 41.7 Å². The summed E-state index contributed by atoms with van der Waals surface area (Å²) < 4.78 is 10.4. The second-order valence-electron chi connectivity index (χ2n) is 7.62. The Labute approximate surface area is 203 Å². The molecule has 1 saturated heterocycles. The van der Waals surface area contributed by atoms with Gasteiger partial charge in [-0.25, -0.2) is 4.79 Å². The number of nitrogens with zero attached hydrogens (tertiary/aromatic N) is 2. The number of nitro benzene ring substituents is 1. The summed E-state index contributed by atoms with van der Waals surface area (Å²) in [5.74, 6) is -1.22. The summed E-state index contributed by atoms with van der Waals surface area (Å²) in [4.78, 5) is 61.3. The van der Waals surface area contributed by atoms with Crippen LogP contribution in [0.15, 0.2) is 59.5 Å². The van der Waals surface area contributed by atoms with E-state index in [0.717, 1.165) is 11.8 Å². The zero-order valence-corrected chi connectivity index (χ0v) is 19.1. The molecule has 0 bridgehead atoms. The highest BCUT2D eigenvalue weighted by molar-refractivity contribution is 8.03. The van der Waals surface area contributed by atoms with Gasteiger partial charge in [-0.05, 0) is 47.4 Å². The highest BCUT2D eigenvalue weighted by Gasteiger charge is 2.56. The van der Waals surface area contributed by atoms with Crippen LogP contribution in [0.3, 0.4) is 0 Å². The summed E-state index contributed by atoms with van der Waals surface area (Å²) in [6.45, 7) is -0.197. The van der Waals surface area contributed by atoms with Gasteiger partial charge in [0.05, 0.1) is 12.0 Å². The molecule has 0 saturated carbocycles. The molecule has 0 aliphatic carbocycles. The molecule has 1 N–H and O–H groups in total. The van der Waals surface area contributed by atoms with Crippen molar-refractivity contribution in [2.45, 2.75) is 24.1 Å². The molecule has 0 aromatic heterocycles. The first kappa shape index (κ1) is 24.0. The number of nitro groups is 1. The number of non-ortho nitro benzene ring substituents is 1. The van der Waals surface area contributed by atoms with Crippen molar-refractivity contribution < 1.29 is 33.6 Å². The van der Waals surface area contributed by atoms with Gasteiger partial charge in [0.15, 0.2) is 6.04 Å². The molecular formula is C23H19N3O8S. The van der Waals surface area contributed by atoms with Crippen molar-refractivity contribution in [1.29, 1.82) is 0 Å². The molecule has 180 valence electrons. The van der Waals surface area contributed by atoms with E-state index in [1.807, 2.05) is 0 Å². The minimum Gasteiger partial charge on any atom is -0.497 e. The van der Waals surface area contributed by atoms with E-state index in [-0.39, 0.29) is 17.9 Å². The molecule has 2 amide bonds. The van der Waals surface area contributed by atoms with Gasteiger partial charge in [0.1, 0.15) is 30.1 Å². The number of benzene rings is 2. The zero-order chi connectivity index (χ0) is 25.1. The fourth-order valence-corrected chi connectivity index (χ4v) is 4.85. The molecule has 11 nitrogen and oxygen atoms in total. The first-order valence-electron chi connectivity index (χ1n) is 10.3. The SMILES string of the molecule is COc1ccc(C(=O)NC2C(=O)N3C(C(=O)OCc4ccc([N+](=O)[O-])cc4)C(C=O)=CS[C@@H]23)cc1. The molecule has 2 aliphatic rings. The van der Waals surface area contributed by atoms with Crippen LogP contribution in [-0.4, -0.2) is 58.5 Å². The predicted octanol–water partition coefficient (Wildman–Crippen LogP) is 1.81. The number of ether oxygens (including phenoxy) is 2. The number of carbonyl (C=O) groups excluding carboxylic acids is 4. The van der Waals surface area contributed by atoms with Crippen molar-refractivity contribution in [1.82, 2.24) is 10.2 Å². The van der Waals surface area contributed by atoms with Gasteiger partial charge < -0.3 is 19.7 Å². The van der Waals surface area contributed by atoms with Gasteiger partial charge in [0.2, 0.25) is 5.91 Å². The lowest BCUT2D eigenvalue weighted by Gasteiger charge is -2.51. The Kier molecular flexibility index (Phi) is 6.82. The fourth-order valence-electron chi connectivity index (χ4n) is 3.67. The number of hydrogen-bond donors (Lipinski definition) is 1. The average Bonchev–Trinajstić information content (AvgIpc) is 2.89. The average molecular weight is 497 g/mol. The summed E-state index contributed by atoms with van der Waals surface area (Å²) in [5, 5.41) is 14.3. The zero-order valence-electron chi connectivity index (χ0n) is 18.3. The first-order chi connectivity index (χ1) is 16.8. The molecule has 2 aliphatic heterocycles. The summed E-state index contributed by atoms with van der Waals surface area (Å²) in [5.41, 5.74) is 0.795. The van der Waals surface area contributed by atoms with Crippen molar-refractivity contribution in [3.63, 3.8) is 0 Å². The van der Waals surface area contributed by atoms with Gasteiger partial charge in [-0.1, -0.05) is 0 Å². The quantitative estimate of drug-likeness (QED) is 0.190. The maximum Gasteiger partial charge on any atom is 0.334 e. The number of esters is 1. The largest absolute Gasteiger partial charge is 0.497 e. The smallest absolute Gasteiger partial charge is 0.334 e. The first-order valence-corrected chi connectivity index (χ1v) is 11.3. The van der Waals surface area contributed by atoms with Crippen LogP contribution in [-0.2, 0) is 25.7 Å². The minimum atomic E-state index is -1.25. The number of methoxy groups -OCH3 is 1. The van der Waals surface area contributed by atoms with Gasteiger partial charge in [-0.15, -0.1) is 11.8 Å². The van der Waals surface area contributed by atoms with Crippen molar-refractivity contribution in [3.8, 4) is 5.75 Å². The Balaban J connectivity index is 1.42. The molecule has 2 aromatic rings. The number of hydrogen-bond acceptors (Lipinski definition) is 9. The van der Waals surface area contributed by atoms with Gasteiger partial charge >= 0.3 is 5.97 Å². The van der Waals surface area contributed by atoms with Crippen LogP contribution < -0.4 is 10.1 Å². The van der Waals surface area contributed by atoms with Crippen LogP contribution in [0, 0.1) is 10.1 Å². The van der Waals surface area contributed by atoms with Crippen LogP contribution in [0.25, 0.3) is 0 Å². The standard InChI is InChI=1S/C23H19N3O8S/c1-33-17-8-4-14(5-9-17)20(28)24-18-21(29)25-19(15(10-27)12-35-22(18)25)23(30)34-11-13-2-6-16(7-3-13)26(31)32/h2-10,12,18-19,22H,11H2,1H3,(H,24,28)/t18?,19?,22-/m0/s1. The fraction of sp³-hybridized carbons (Fsp3) is 0.217. The van der Waals surface area contributed by atoms with Crippen LogP contribution in [0.1, 0.15) is 15.9 Å². The number of carbonyl (C=O) groups is 4. The van der Waals surface area contributed by atoms with E-state index in [9.17, 15) is 29.3 Å². The lowest BCUT2D eigenvalue weighted by atomic mass is 9.98. The monoisotopic (exact) mass is 497 g/mol. The third-order valence-electron chi connectivity index (χ3n) is 5.54. The van der Waals surface area contributed by atoms with Gasteiger partial charge in [-0.2, -0.15) is 0 Å². The maximum atomic E-state index is 12.9. The van der Waals surface area contributed by atoms with Crippen molar-refractivity contribution in [2.75, 3.05) is 7.11 Å². The van der Waals surface area contributed by atoms with Crippen molar-refractivity contribution >= 4 is 41.5 Å². The predicted molar refractivity (Wildman–Crippen MR) is 123 cm³/mol. The Morgan fingerprint density at radius 3 is 2.46 bits per heavy atom. The second-order valence-corrected chi connectivity index (χ2v) is 8.61. The molecule has 1 fully saturated rings. The number of β-lactam (4-membered cyclic amide) rings is 1. The van der Waals surface area contributed by atoms with Crippen molar-refractivity contribution in [3.05, 3.63) is 80.8 Å². The highest BCUT2D eigenvalue weighted by atomic mass is 32.2. The summed E-state index contributed by atoms with van der Waals surface area (Å²) in [6, 6.07) is 9.68. The highest BCUT2D eigenvalue weighted by Crippen LogP contribution is 2.40. The third-order valence-corrected chi connectivity index (χ3v) is 6.73. The Hall–Kier alpha value is -4.19. The molecule has 0 spiro atoms. The van der Waals surface area contributed by atoms with E-state index in [1.54, 1.807) is 24.3 Å². The number of amides is 2. The maximum absolute atomic E-state index is 12.9. The molecule has 2 aromatic carbocycles. The Morgan fingerprint density at radius 1 is 1.17 bits per heavy atom.